The van der Waals surface area contributed by atoms with Crippen molar-refractivity contribution in [2.75, 3.05) is 19.6 Å². The van der Waals surface area contributed by atoms with E-state index in [4.69, 9.17) is 22.1 Å². The molecule has 0 saturated carbocycles. The largest absolute Gasteiger partial charge is 0.373 e. The van der Waals surface area contributed by atoms with Gasteiger partial charge in [0.05, 0.1) is 19.6 Å². The minimum atomic E-state index is 0. The molecule has 0 fully saturated rings. The second-order valence-corrected chi connectivity index (χ2v) is 4.11. The number of nitrogens with zero attached hydrogens (tertiary/aromatic N) is 7. The Labute approximate surface area is 126 Å². The number of hydrogen-bond donors (Lipinski definition) is 1. The van der Waals surface area contributed by atoms with Crippen LogP contribution >= 0.6 is 0 Å². The summed E-state index contributed by atoms with van der Waals surface area (Å²) in [6.45, 7) is 11.7. The van der Waals surface area contributed by atoms with Gasteiger partial charge < -0.3 is 32.8 Å². The topological polar surface area (TPSA) is 154 Å². The summed E-state index contributed by atoms with van der Waals surface area (Å²) < 4.78 is 1.20. The molecule has 0 radical (unpaired) electrons. The van der Waals surface area contributed by atoms with Crippen molar-refractivity contribution in [3.63, 3.8) is 0 Å². The highest BCUT2D eigenvalue weighted by Gasteiger charge is 2.20. The minimum absolute atomic E-state index is 0. The second kappa shape index (κ2) is 15.8. The van der Waals surface area contributed by atoms with Crippen molar-refractivity contribution in [3.8, 4) is 0 Å². The number of benzene rings is 1. The van der Waals surface area contributed by atoms with Crippen molar-refractivity contribution in [1.29, 1.82) is 0 Å². The zero-order chi connectivity index (χ0) is 15.9. The first kappa shape index (κ1) is 23.8. The van der Waals surface area contributed by atoms with Crippen molar-refractivity contribution in [3.05, 3.63) is 67.8 Å². The molecule has 0 aliphatic rings. The minimum Gasteiger partial charge on any atom is -0.373 e. The van der Waals surface area contributed by atoms with Crippen LogP contribution < -0.4 is 6.15 Å². The highest BCUT2D eigenvalue weighted by molar-refractivity contribution is 5.13. The molecule has 0 spiro atoms. The Morgan fingerprint density at radius 1 is 0.810 bits per heavy atom. The molecule has 4 N–H and O–H groups in total. The summed E-state index contributed by atoms with van der Waals surface area (Å²) in [5.74, 6) is 0. The number of hydrogen-bond acceptors (Lipinski definition) is 0. The van der Waals surface area contributed by atoms with E-state index in [-0.39, 0.29) is 6.15 Å². The summed E-state index contributed by atoms with van der Waals surface area (Å²) >= 11 is 0. The predicted molar refractivity (Wildman–Crippen MR) is 88.2 cm³/mol. The summed E-state index contributed by atoms with van der Waals surface area (Å²) in [5, 5.41) is 0. The van der Waals surface area contributed by atoms with Gasteiger partial charge in [0, 0.05) is 5.56 Å². The van der Waals surface area contributed by atoms with Gasteiger partial charge in [0.25, 0.3) is 0 Å². The van der Waals surface area contributed by atoms with E-state index < -0.39 is 0 Å². The van der Waals surface area contributed by atoms with Gasteiger partial charge in [-0.1, -0.05) is 30.3 Å². The van der Waals surface area contributed by atoms with Gasteiger partial charge in [-0.05, 0) is 20.8 Å². The fourth-order valence-corrected chi connectivity index (χ4v) is 1.98. The lowest BCUT2D eigenvalue weighted by Crippen LogP contribution is -2.46. The lowest BCUT2D eigenvalue weighted by molar-refractivity contribution is -0.936. The lowest BCUT2D eigenvalue weighted by atomic mass is 10.2. The Morgan fingerprint density at radius 3 is 1.43 bits per heavy atom. The smallest absolute Gasteiger partial charge is 0.104 e. The summed E-state index contributed by atoms with van der Waals surface area (Å²) in [6, 6.07) is 10.8. The van der Waals surface area contributed by atoms with Crippen LogP contribution in [0.5, 0.6) is 0 Å². The van der Waals surface area contributed by atoms with E-state index in [2.05, 4.69) is 51.1 Å². The van der Waals surface area contributed by atoms with Gasteiger partial charge in [0.1, 0.15) is 6.54 Å². The molecule has 0 aromatic heterocycles. The van der Waals surface area contributed by atoms with E-state index in [9.17, 15) is 0 Å². The van der Waals surface area contributed by atoms with Crippen molar-refractivity contribution in [1.82, 2.24) is 6.15 Å². The van der Waals surface area contributed by atoms with Crippen LogP contribution in [0.3, 0.4) is 0 Å². The monoisotopic (exact) mass is 294 g/mol. The summed E-state index contributed by atoms with van der Waals surface area (Å²) in [4.78, 5) is 3.00. The maximum absolute atomic E-state index is 6.75. The SMILES string of the molecule is CC[N+](CC)(CC)Cc1ccccc1.[N-]=[N+]=[N-].[N-]=[N+]=[N-].[NH4+]. The second-order valence-electron chi connectivity index (χ2n) is 4.11. The molecule has 1 aromatic rings. The predicted octanol–water partition coefficient (Wildman–Crippen LogP) is 5.17. The first-order valence-corrected chi connectivity index (χ1v) is 6.45. The molecule has 8 nitrogen and oxygen atoms in total. The first-order chi connectivity index (χ1) is 9.59. The molecule has 0 saturated heterocycles. The molecular formula is C13H26N8. The van der Waals surface area contributed by atoms with E-state index in [1.807, 2.05) is 0 Å². The Bertz CT molecular complexity index is 381. The molecule has 0 heterocycles. The molecule has 0 aliphatic heterocycles. The molecule has 1 rings (SSSR count). The zero-order valence-corrected chi connectivity index (χ0v) is 13.3. The third-order valence-corrected chi connectivity index (χ3v) is 3.37. The lowest BCUT2D eigenvalue weighted by Gasteiger charge is -2.35. The van der Waals surface area contributed by atoms with Gasteiger partial charge in [-0.25, -0.2) is 0 Å². The average molecular weight is 294 g/mol. The van der Waals surface area contributed by atoms with Gasteiger partial charge in [-0.15, -0.1) is 0 Å². The highest BCUT2D eigenvalue weighted by atomic mass is 15.3. The molecular weight excluding hydrogens is 268 g/mol. The normalized spacial score (nSPS) is 8.52. The van der Waals surface area contributed by atoms with E-state index in [0.29, 0.717) is 0 Å². The molecule has 0 bridgehead atoms. The van der Waals surface area contributed by atoms with E-state index in [0.717, 1.165) is 0 Å². The maximum Gasteiger partial charge on any atom is 0.104 e. The molecule has 8 heteroatoms. The first-order valence-electron chi connectivity index (χ1n) is 6.45. The van der Waals surface area contributed by atoms with Crippen LogP contribution in [0.1, 0.15) is 26.3 Å². The third kappa shape index (κ3) is 11.3. The van der Waals surface area contributed by atoms with E-state index in [1.165, 1.54) is 46.0 Å². The standard InChI is InChI=1S/C13H22N.2N3.H3N/c1-4-14(5-2,6-3)12-13-10-8-7-9-11-13;2*1-3-2;/h7-11H,4-6,12H2,1-3H3;;;1H3/q+1;2*-1;/p+1. The summed E-state index contributed by atoms with van der Waals surface area (Å²) in [5.41, 5.74) is 28.5. The summed E-state index contributed by atoms with van der Waals surface area (Å²) in [7, 11) is 0. The fraction of sp³-hybridized carbons (Fsp3) is 0.538. The Hall–Kier alpha value is -2.24. The number of quaternary nitrogens is 2. The number of rotatable bonds is 5. The van der Waals surface area contributed by atoms with Crippen LogP contribution in [0.25, 0.3) is 31.9 Å². The molecule has 21 heavy (non-hydrogen) atoms. The van der Waals surface area contributed by atoms with Gasteiger partial charge in [0.15, 0.2) is 0 Å². The molecule has 0 aliphatic carbocycles. The van der Waals surface area contributed by atoms with Gasteiger partial charge >= 0.3 is 0 Å². The van der Waals surface area contributed by atoms with Crippen LogP contribution in [-0.2, 0) is 6.54 Å². The van der Waals surface area contributed by atoms with Crippen LogP contribution in [0.4, 0.5) is 0 Å². The van der Waals surface area contributed by atoms with Crippen molar-refractivity contribution >= 4 is 0 Å². The maximum atomic E-state index is 6.75. The third-order valence-electron chi connectivity index (χ3n) is 3.37. The van der Waals surface area contributed by atoms with Crippen LogP contribution in [-0.4, -0.2) is 24.1 Å². The van der Waals surface area contributed by atoms with Crippen molar-refractivity contribution in [2.24, 2.45) is 0 Å². The van der Waals surface area contributed by atoms with Gasteiger partial charge in [0.2, 0.25) is 0 Å². The molecule has 0 amide bonds. The highest BCUT2D eigenvalue weighted by Crippen LogP contribution is 2.13. The molecule has 1 aromatic carbocycles. The average Bonchev–Trinajstić information content (AvgIpc) is 2.48. The van der Waals surface area contributed by atoms with Crippen LogP contribution in [0.2, 0.25) is 0 Å². The quantitative estimate of drug-likeness (QED) is 0.329. The van der Waals surface area contributed by atoms with Crippen LogP contribution in [0, 0.1) is 0 Å². The zero-order valence-electron chi connectivity index (χ0n) is 13.3. The van der Waals surface area contributed by atoms with Crippen molar-refractivity contribution in [2.45, 2.75) is 27.3 Å². The fourth-order valence-electron chi connectivity index (χ4n) is 1.98. The molecule has 118 valence electrons. The molecule has 0 unspecified atom stereocenters. The van der Waals surface area contributed by atoms with Gasteiger partial charge in [-0.2, -0.15) is 0 Å². The van der Waals surface area contributed by atoms with Gasteiger partial charge in [-0.3, -0.25) is 9.82 Å². The Kier molecular flexibility index (Phi) is 17.9. The summed E-state index contributed by atoms with van der Waals surface area (Å²) in [6.07, 6.45) is 0. The van der Waals surface area contributed by atoms with E-state index >= 15 is 0 Å². The van der Waals surface area contributed by atoms with E-state index in [1.54, 1.807) is 0 Å². The van der Waals surface area contributed by atoms with Crippen LogP contribution in [0.15, 0.2) is 30.3 Å². The Balaban J connectivity index is -0.000000400. The molecule has 0 atom stereocenters. The van der Waals surface area contributed by atoms with Crippen molar-refractivity contribution < 1.29 is 4.48 Å². The Morgan fingerprint density at radius 2 is 1.14 bits per heavy atom.